The molecule has 1 aliphatic heterocycles. The van der Waals surface area contributed by atoms with Gasteiger partial charge in [0, 0.05) is 30.7 Å². The number of nitrogens with zero attached hydrogens (tertiary/aromatic N) is 3. The number of aromatic nitrogens is 2. The quantitative estimate of drug-likeness (QED) is 0.683. The number of piperidine rings is 1. The van der Waals surface area contributed by atoms with E-state index in [1.807, 2.05) is 30.3 Å². The molecule has 0 amide bonds. The Kier molecular flexibility index (Phi) is 5.56. The lowest BCUT2D eigenvalue weighted by Crippen LogP contribution is -2.36. The third-order valence-corrected chi connectivity index (χ3v) is 4.90. The number of aliphatic carboxylic acids is 1. The van der Waals surface area contributed by atoms with Gasteiger partial charge in [0.1, 0.15) is 5.82 Å². The number of carboxylic acid groups (broad SMARTS) is 1. The van der Waals surface area contributed by atoms with Crippen molar-refractivity contribution in [3.8, 4) is 11.1 Å². The Morgan fingerprint density at radius 1 is 1.07 bits per heavy atom. The number of fused-ring (bicyclic) bond motifs is 1. The number of pyridine rings is 2. The fraction of sp³-hybridized carbons (Fsp3) is 0.250. The topological polar surface area (TPSA) is 66.3 Å². The Bertz CT molecular complexity index is 974. The van der Waals surface area contributed by atoms with Gasteiger partial charge in [-0.2, -0.15) is 4.39 Å². The zero-order valence-corrected chi connectivity index (χ0v) is 15.3. The summed E-state index contributed by atoms with van der Waals surface area (Å²) in [6.07, 6.45) is 2.74. The molecule has 7 heteroatoms. The monoisotopic (exact) mass is 387 g/mol. The third-order valence-electron chi connectivity index (χ3n) is 4.90. The number of carboxylic acids is 1. The van der Waals surface area contributed by atoms with E-state index < -0.39 is 11.9 Å². The highest BCUT2D eigenvalue weighted by atomic mass is 35.5. The normalized spacial score (nSPS) is 14.8. The predicted molar refractivity (Wildman–Crippen MR) is 105 cm³/mol. The molecule has 0 bridgehead atoms. The first-order valence-corrected chi connectivity index (χ1v) is 8.61. The van der Waals surface area contributed by atoms with Crippen molar-refractivity contribution in [2.75, 3.05) is 18.0 Å². The molecule has 1 aromatic carbocycles. The van der Waals surface area contributed by atoms with Crippen LogP contribution in [0.5, 0.6) is 0 Å². The predicted octanol–water partition coefficient (Wildman–Crippen LogP) is 4.16. The summed E-state index contributed by atoms with van der Waals surface area (Å²) >= 11 is 0. The van der Waals surface area contributed by atoms with Crippen molar-refractivity contribution < 1.29 is 14.3 Å². The number of rotatable bonds is 3. The van der Waals surface area contributed by atoms with Gasteiger partial charge in [-0.15, -0.1) is 12.4 Å². The van der Waals surface area contributed by atoms with Crippen molar-refractivity contribution in [1.29, 1.82) is 0 Å². The SMILES string of the molecule is Cl.O=C(O)C1CCN(c2ccc3cc(-c4ccnc(F)c4)ccc3n2)CC1. The highest BCUT2D eigenvalue weighted by Crippen LogP contribution is 2.27. The summed E-state index contributed by atoms with van der Waals surface area (Å²) in [6.45, 7) is 1.40. The molecule has 2 aromatic heterocycles. The maximum Gasteiger partial charge on any atom is 0.306 e. The standard InChI is InChI=1S/C20H18FN3O2.ClH/c21-18-12-15(5-8-22-18)14-1-3-17-16(11-14)2-4-19(23-17)24-9-6-13(7-10-24)20(25)26;/h1-5,8,11-13H,6-7,9-10H2,(H,25,26);1H. The van der Waals surface area contributed by atoms with Crippen LogP contribution in [0.1, 0.15) is 12.8 Å². The first-order valence-electron chi connectivity index (χ1n) is 8.61. The minimum Gasteiger partial charge on any atom is -0.481 e. The van der Waals surface area contributed by atoms with Gasteiger partial charge in [0.2, 0.25) is 5.95 Å². The number of benzene rings is 1. The lowest BCUT2D eigenvalue weighted by Gasteiger charge is -2.31. The molecule has 3 aromatic rings. The Hall–Kier alpha value is -2.73. The van der Waals surface area contributed by atoms with Crippen LogP contribution in [-0.2, 0) is 4.79 Å². The second-order valence-electron chi connectivity index (χ2n) is 6.54. The average molecular weight is 388 g/mol. The largest absolute Gasteiger partial charge is 0.481 e. The van der Waals surface area contributed by atoms with Gasteiger partial charge in [0.15, 0.2) is 0 Å². The van der Waals surface area contributed by atoms with Crippen LogP contribution in [0.4, 0.5) is 10.2 Å². The van der Waals surface area contributed by atoms with Gasteiger partial charge in [-0.25, -0.2) is 9.97 Å². The van der Waals surface area contributed by atoms with Gasteiger partial charge >= 0.3 is 5.97 Å². The smallest absolute Gasteiger partial charge is 0.306 e. The van der Waals surface area contributed by atoms with Gasteiger partial charge in [-0.3, -0.25) is 4.79 Å². The van der Waals surface area contributed by atoms with Crippen LogP contribution in [0.15, 0.2) is 48.7 Å². The van der Waals surface area contributed by atoms with Gasteiger partial charge in [-0.1, -0.05) is 6.07 Å². The lowest BCUT2D eigenvalue weighted by atomic mass is 9.97. The number of hydrogen-bond acceptors (Lipinski definition) is 4. The van der Waals surface area contributed by atoms with E-state index in [4.69, 9.17) is 10.1 Å². The van der Waals surface area contributed by atoms with Crippen LogP contribution >= 0.6 is 12.4 Å². The maximum absolute atomic E-state index is 13.3. The molecule has 0 unspecified atom stereocenters. The second-order valence-corrected chi connectivity index (χ2v) is 6.54. The molecule has 3 heterocycles. The molecule has 0 radical (unpaired) electrons. The molecule has 0 spiro atoms. The minimum atomic E-state index is -0.712. The van der Waals surface area contributed by atoms with E-state index in [0.717, 1.165) is 27.8 Å². The van der Waals surface area contributed by atoms with Crippen LogP contribution in [-0.4, -0.2) is 34.1 Å². The van der Waals surface area contributed by atoms with Gasteiger partial charge in [0.05, 0.1) is 11.4 Å². The van der Waals surface area contributed by atoms with E-state index >= 15 is 0 Å². The molecule has 4 rings (SSSR count). The van der Waals surface area contributed by atoms with E-state index in [9.17, 15) is 9.18 Å². The fourth-order valence-electron chi connectivity index (χ4n) is 3.41. The summed E-state index contributed by atoms with van der Waals surface area (Å²) in [5.41, 5.74) is 2.55. The molecule has 0 atom stereocenters. The molecule has 1 saturated heterocycles. The van der Waals surface area contributed by atoms with Crippen molar-refractivity contribution in [1.82, 2.24) is 9.97 Å². The molecule has 27 heavy (non-hydrogen) atoms. The van der Waals surface area contributed by atoms with Crippen LogP contribution in [0.2, 0.25) is 0 Å². The number of hydrogen-bond donors (Lipinski definition) is 1. The molecule has 140 valence electrons. The molecular weight excluding hydrogens is 369 g/mol. The molecule has 0 saturated carbocycles. The van der Waals surface area contributed by atoms with Crippen molar-refractivity contribution in [3.05, 3.63) is 54.6 Å². The molecule has 1 fully saturated rings. The zero-order valence-electron chi connectivity index (χ0n) is 14.5. The van der Waals surface area contributed by atoms with Crippen molar-refractivity contribution in [2.24, 2.45) is 5.92 Å². The van der Waals surface area contributed by atoms with Crippen LogP contribution in [0.3, 0.4) is 0 Å². The van der Waals surface area contributed by atoms with E-state index in [1.165, 1.54) is 12.3 Å². The van der Waals surface area contributed by atoms with Gasteiger partial charge < -0.3 is 10.0 Å². The summed E-state index contributed by atoms with van der Waals surface area (Å²) in [6, 6.07) is 13.0. The van der Waals surface area contributed by atoms with Crippen LogP contribution in [0, 0.1) is 11.9 Å². The third kappa shape index (κ3) is 4.01. The Labute approximate surface area is 162 Å². The van der Waals surface area contributed by atoms with Crippen molar-refractivity contribution in [3.63, 3.8) is 0 Å². The van der Waals surface area contributed by atoms with E-state index in [0.29, 0.717) is 25.9 Å². The van der Waals surface area contributed by atoms with Gasteiger partial charge in [0.25, 0.3) is 0 Å². The summed E-state index contributed by atoms with van der Waals surface area (Å²) in [5, 5.41) is 10.1. The Morgan fingerprint density at radius 3 is 2.52 bits per heavy atom. The zero-order chi connectivity index (χ0) is 18.1. The highest BCUT2D eigenvalue weighted by Gasteiger charge is 2.25. The number of halogens is 2. The lowest BCUT2D eigenvalue weighted by molar-refractivity contribution is -0.142. The van der Waals surface area contributed by atoms with E-state index in [1.54, 1.807) is 6.07 Å². The molecular formula is C20H19ClFN3O2. The Balaban J connectivity index is 0.00000210. The van der Waals surface area contributed by atoms with Crippen LogP contribution < -0.4 is 4.90 Å². The molecule has 5 nitrogen and oxygen atoms in total. The minimum absolute atomic E-state index is 0. The first-order chi connectivity index (χ1) is 12.6. The summed E-state index contributed by atoms with van der Waals surface area (Å²) in [4.78, 5) is 21.5. The second kappa shape index (κ2) is 7.88. The Morgan fingerprint density at radius 2 is 1.81 bits per heavy atom. The summed E-state index contributed by atoms with van der Waals surface area (Å²) < 4.78 is 13.3. The van der Waals surface area contributed by atoms with Gasteiger partial charge in [-0.05, 0) is 54.3 Å². The number of anilines is 1. The fourth-order valence-corrected chi connectivity index (χ4v) is 3.41. The summed E-state index contributed by atoms with van der Waals surface area (Å²) in [5.74, 6) is -0.601. The van der Waals surface area contributed by atoms with E-state index in [-0.39, 0.29) is 18.3 Å². The van der Waals surface area contributed by atoms with E-state index in [2.05, 4.69) is 9.88 Å². The van der Waals surface area contributed by atoms with Crippen LogP contribution in [0.25, 0.3) is 22.0 Å². The first kappa shape index (κ1) is 19.0. The summed E-state index contributed by atoms with van der Waals surface area (Å²) in [7, 11) is 0. The molecule has 0 aliphatic carbocycles. The molecule has 1 aliphatic rings. The van der Waals surface area contributed by atoms with Crippen molar-refractivity contribution in [2.45, 2.75) is 12.8 Å². The highest BCUT2D eigenvalue weighted by molar-refractivity contribution is 5.86. The molecule has 1 N–H and O–H groups in total. The maximum atomic E-state index is 13.3. The number of carbonyl (C=O) groups is 1. The van der Waals surface area contributed by atoms with Crippen molar-refractivity contribution >= 4 is 35.1 Å². The average Bonchev–Trinajstić information content (AvgIpc) is 2.67.